The van der Waals surface area contributed by atoms with Crippen molar-refractivity contribution in [3.05, 3.63) is 22.7 Å². The highest BCUT2D eigenvalue weighted by atomic mass is 32.1. The maximum Gasteiger partial charge on any atom is 0.240 e. The molecule has 3 N–H and O–H groups in total. The van der Waals surface area contributed by atoms with Crippen molar-refractivity contribution < 1.29 is 4.74 Å². The predicted octanol–water partition coefficient (Wildman–Crippen LogP) is 2.66. The maximum atomic E-state index is 5.71. The lowest BCUT2D eigenvalue weighted by Crippen LogP contribution is -1.97. The highest BCUT2D eigenvalue weighted by molar-refractivity contribution is 7.18. The Kier molecular flexibility index (Phi) is 2.83. The first-order chi connectivity index (χ1) is 9.15. The summed E-state index contributed by atoms with van der Waals surface area (Å²) >= 11 is 1.60. The molecule has 0 aromatic carbocycles. The van der Waals surface area contributed by atoms with E-state index in [0.29, 0.717) is 11.8 Å². The molecule has 0 atom stereocenters. The number of nitrogens with one attached hydrogen (secondary N) is 1. The summed E-state index contributed by atoms with van der Waals surface area (Å²) < 4.78 is 5.68. The number of aryl methyl sites for hydroxylation is 2. The van der Waals surface area contributed by atoms with Gasteiger partial charge in [-0.15, -0.1) is 16.4 Å². The Morgan fingerprint density at radius 1 is 1.37 bits per heavy atom. The van der Waals surface area contributed by atoms with Crippen molar-refractivity contribution in [1.82, 2.24) is 20.2 Å². The van der Waals surface area contributed by atoms with Crippen LogP contribution in [0.15, 0.2) is 12.1 Å². The first-order valence-corrected chi connectivity index (χ1v) is 6.73. The average molecular weight is 275 g/mol. The second kappa shape index (κ2) is 4.51. The third-order valence-electron chi connectivity index (χ3n) is 2.66. The van der Waals surface area contributed by atoms with Crippen molar-refractivity contribution in [1.29, 1.82) is 0 Å². The summed E-state index contributed by atoms with van der Waals surface area (Å²) in [6.45, 7) is 4.00. The second-order valence-electron chi connectivity index (χ2n) is 4.16. The van der Waals surface area contributed by atoms with Gasteiger partial charge in [-0.3, -0.25) is 5.10 Å². The molecule has 0 unspecified atom stereocenters. The molecule has 0 aliphatic carbocycles. The van der Waals surface area contributed by atoms with E-state index in [-0.39, 0.29) is 5.95 Å². The van der Waals surface area contributed by atoms with E-state index >= 15 is 0 Å². The van der Waals surface area contributed by atoms with Crippen molar-refractivity contribution in [3.8, 4) is 11.8 Å². The van der Waals surface area contributed by atoms with Gasteiger partial charge in [-0.2, -0.15) is 4.98 Å². The molecule has 3 aromatic heterocycles. The van der Waals surface area contributed by atoms with Gasteiger partial charge in [0.25, 0.3) is 0 Å². The van der Waals surface area contributed by atoms with Gasteiger partial charge in [0.15, 0.2) is 0 Å². The fraction of sp³-hybridized carbons (Fsp3) is 0.250. The minimum atomic E-state index is 0.208. The SMILES string of the molecule is CCc1cc2c(Oc3cc(C)[nH]n3)nc(N)nc2s1. The van der Waals surface area contributed by atoms with Crippen LogP contribution in [0.25, 0.3) is 10.2 Å². The van der Waals surface area contributed by atoms with E-state index in [1.807, 2.05) is 13.0 Å². The van der Waals surface area contributed by atoms with Crippen LogP contribution in [0.1, 0.15) is 17.5 Å². The fourth-order valence-electron chi connectivity index (χ4n) is 1.76. The van der Waals surface area contributed by atoms with Crippen LogP contribution in [0.3, 0.4) is 0 Å². The van der Waals surface area contributed by atoms with Crippen molar-refractivity contribution in [2.45, 2.75) is 20.3 Å². The Bertz CT molecular complexity index is 733. The van der Waals surface area contributed by atoms with Gasteiger partial charge >= 0.3 is 0 Å². The van der Waals surface area contributed by atoms with E-state index in [4.69, 9.17) is 10.5 Å². The third kappa shape index (κ3) is 2.24. The zero-order valence-electron chi connectivity index (χ0n) is 10.6. The van der Waals surface area contributed by atoms with Crippen molar-refractivity contribution in [3.63, 3.8) is 0 Å². The number of aromatic amines is 1. The molecule has 0 saturated heterocycles. The van der Waals surface area contributed by atoms with Crippen molar-refractivity contribution in [2.75, 3.05) is 5.73 Å². The standard InChI is InChI=1S/C12H13N5OS/c1-3-7-5-8-10(14-12(13)15-11(8)19-7)18-9-4-6(2)16-17-9/h4-5H,3H2,1-2H3,(H,16,17)(H2,13,14,15). The van der Waals surface area contributed by atoms with E-state index in [1.165, 1.54) is 4.88 Å². The molecule has 98 valence electrons. The van der Waals surface area contributed by atoms with Crippen LogP contribution in [0, 0.1) is 6.92 Å². The zero-order valence-corrected chi connectivity index (χ0v) is 11.4. The lowest BCUT2D eigenvalue weighted by molar-refractivity contribution is 0.449. The Hall–Kier alpha value is -2.15. The summed E-state index contributed by atoms with van der Waals surface area (Å²) in [6, 6.07) is 3.84. The van der Waals surface area contributed by atoms with Gasteiger partial charge in [-0.1, -0.05) is 6.92 Å². The number of thiophene rings is 1. The van der Waals surface area contributed by atoms with Gasteiger partial charge in [0.2, 0.25) is 17.7 Å². The number of fused-ring (bicyclic) bond motifs is 1. The summed E-state index contributed by atoms with van der Waals surface area (Å²) in [5.74, 6) is 1.13. The maximum absolute atomic E-state index is 5.71. The molecule has 0 amide bonds. The van der Waals surface area contributed by atoms with Gasteiger partial charge < -0.3 is 10.5 Å². The molecule has 19 heavy (non-hydrogen) atoms. The van der Waals surface area contributed by atoms with Crippen LogP contribution in [-0.4, -0.2) is 20.2 Å². The Morgan fingerprint density at radius 3 is 2.89 bits per heavy atom. The van der Waals surface area contributed by atoms with Crippen LogP contribution in [0.2, 0.25) is 0 Å². The summed E-state index contributed by atoms with van der Waals surface area (Å²) in [6.07, 6.45) is 0.946. The number of rotatable bonds is 3. The number of nitrogens with two attached hydrogens (primary N) is 1. The molecular weight excluding hydrogens is 262 g/mol. The molecule has 6 nitrogen and oxygen atoms in total. The number of nitrogens with zero attached hydrogens (tertiary/aromatic N) is 3. The van der Waals surface area contributed by atoms with Crippen LogP contribution in [-0.2, 0) is 6.42 Å². The minimum absolute atomic E-state index is 0.208. The third-order valence-corrected chi connectivity index (χ3v) is 3.83. The quantitative estimate of drug-likeness (QED) is 0.767. The van der Waals surface area contributed by atoms with Crippen LogP contribution >= 0.6 is 11.3 Å². The highest BCUT2D eigenvalue weighted by Crippen LogP contribution is 2.33. The Labute approximate surface area is 113 Å². The molecule has 7 heteroatoms. The summed E-state index contributed by atoms with van der Waals surface area (Å²) in [7, 11) is 0. The molecule has 0 aliphatic rings. The van der Waals surface area contributed by atoms with E-state index < -0.39 is 0 Å². The van der Waals surface area contributed by atoms with Gasteiger partial charge in [0.1, 0.15) is 4.83 Å². The van der Waals surface area contributed by atoms with Gasteiger partial charge in [0.05, 0.1) is 5.39 Å². The normalized spacial score (nSPS) is 11.1. The minimum Gasteiger partial charge on any atom is -0.418 e. The molecule has 3 heterocycles. The van der Waals surface area contributed by atoms with E-state index in [0.717, 1.165) is 22.3 Å². The van der Waals surface area contributed by atoms with Gasteiger partial charge in [-0.05, 0) is 19.4 Å². The summed E-state index contributed by atoms with van der Waals surface area (Å²) in [5, 5.41) is 7.72. The highest BCUT2D eigenvalue weighted by Gasteiger charge is 2.13. The Morgan fingerprint density at radius 2 is 2.21 bits per heavy atom. The van der Waals surface area contributed by atoms with Crippen molar-refractivity contribution >= 4 is 27.5 Å². The monoisotopic (exact) mass is 275 g/mol. The molecule has 3 rings (SSSR count). The molecular formula is C12H13N5OS. The summed E-state index contributed by atoms with van der Waals surface area (Å²) in [5.41, 5.74) is 6.63. The van der Waals surface area contributed by atoms with Gasteiger partial charge in [0, 0.05) is 16.6 Å². The van der Waals surface area contributed by atoms with E-state index in [2.05, 4.69) is 27.1 Å². The van der Waals surface area contributed by atoms with Crippen molar-refractivity contribution in [2.24, 2.45) is 0 Å². The van der Waals surface area contributed by atoms with Gasteiger partial charge in [-0.25, -0.2) is 4.98 Å². The number of H-pyrrole nitrogens is 1. The molecule has 0 bridgehead atoms. The molecule has 0 fully saturated rings. The molecule has 0 aliphatic heterocycles. The van der Waals surface area contributed by atoms with Crippen LogP contribution in [0.5, 0.6) is 11.8 Å². The lowest BCUT2D eigenvalue weighted by Gasteiger charge is -2.02. The average Bonchev–Trinajstić information content (AvgIpc) is 2.95. The second-order valence-corrected chi connectivity index (χ2v) is 5.28. The van der Waals surface area contributed by atoms with E-state index in [1.54, 1.807) is 17.4 Å². The number of anilines is 1. The number of ether oxygens (including phenoxy) is 1. The topological polar surface area (TPSA) is 89.7 Å². The number of aromatic nitrogens is 4. The smallest absolute Gasteiger partial charge is 0.240 e. The Balaban J connectivity index is 2.08. The van der Waals surface area contributed by atoms with Crippen LogP contribution in [0.4, 0.5) is 5.95 Å². The molecule has 0 spiro atoms. The summed E-state index contributed by atoms with van der Waals surface area (Å²) in [4.78, 5) is 10.4. The lowest BCUT2D eigenvalue weighted by atomic mass is 10.3. The first-order valence-electron chi connectivity index (χ1n) is 5.91. The molecule has 0 radical (unpaired) electrons. The number of nitrogen functional groups attached to an aromatic ring is 1. The number of hydrogen-bond donors (Lipinski definition) is 2. The largest absolute Gasteiger partial charge is 0.418 e. The first kappa shape index (κ1) is 11.9. The van der Waals surface area contributed by atoms with Crippen LogP contribution < -0.4 is 10.5 Å². The fourth-order valence-corrected chi connectivity index (χ4v) is 2.72. The van der Waals surface area contributed by atoms with E-state index in [9.17, 15) is 0 Å². The molecule has 3 aromatic rings. The predicted molar refractivity (Wildman–Crippen MR) is 74.6 cm³/mol. The zero-order chi connectivity index (χ0) is 13.4. The molecule has 0 saturated carbocycles. The number of hydrogen-bond acceptors (Lipinski definition) is 6.